The summed E-state index contributed by atoms with van der Waals surface area (Å²) >= 11 is 0. The van der Waals surface area contributed by atoms with E-state index in [2.05, 4.69) is 5.32 Å². The maximum absolute atomic E-state index is 13.3. The van der Waals surface area contributed by atoms with Crippen molar-refractivity contribution in [3.05, 3.63) is 35.1 Å². The fraction of sp³-hybridized carbons (Fsp3) is 0.400. The van der Waals surface area contributed by atoms with Crippen molar-refractivity contribution in [3.8, 4) is 0 Å². The van der Waals surface area contributed by atoms with Crippen molar-refractivity contribution in [2.45, 2.75) is 12.5 Å². The summed E-state index contributed by atoms with van der Waals surface area (Å²) in [4.78, 5) is 0. The van der Waals surface area contributed by atoms with Crippen LogP contribution in [0.25, 0.3) is 0 Å². The summed E-state index contributed by atoms with van der Waals surface area (Å²) in [5.41, 5.74) is 1.65. The van der Waals surface area contributed by atoms with Crippen LogP contribution < -0.4 is 5.32 Å². The van der Waals surface area contributed by atoms with E-state index in [1.54, 1.807) is 6.07 Å². The van der Waals surface area contributed by atoms with Gasteiger partial charge in [-0.3, -0.25) is 0 Å². The Balaban J connectivity index is 2.45. The zero-order valence-corrected chi connectivity index (χ0v) is 7.26. The molecule has 1 aromatic rings. The summed E-state index contributed by atoms with van der Waals surface area (Å²) in [6.07, 6.45) is 0. The Kier molecular flexibility index (Phi) is 2.29. The number of aliphatic hydroxyl groups is 1. The van der Waals surface area contributed by atoms with E-state index in [0.29, 0.717) is 12.1 Å². The van der Waals surface area contributed by atoms with Gasteiger partial charge < -0.3 is 10.4 Å². The summed E-state index contributed by atoms with van der Waals surface area (Å²) in [5, 5.41) is 12.1. The first-order valence-corrected chi connectivity index (χ1v) is 4.42. The fourth-order valence-electron chi connectivity index (χ4n) is 1.79. The molecule has 13 heavy (non-hydrogen) atoms. The number of nitrogens with one attached hydrogen (secondary N) is 1. The number of hydrogen-bond donors (Lipinski definition) is 2. The molecule has 0 spiro atoms. The van der Waals surface area contributed by atoms with E-state index in [-0.39, 0.29) is 18.3 Å². The molecule has 0 saturated heterocycles. The zero-order chi connectivity index (χ0) is 9.26. The van der Waals surface area contributed by atoms with Gasteiger partial charge in [-0.05, 0) is 11.6 Å². The first-order valence-electron chi connectivity index (χ1n) is 4.42. The Morgan fingerprint density at radius 3 is 3.15 bits per heavy atom. The maximum Gasteiger partial charge on any atom is 0.127 e. The van der Waals surface area contributed by atoms with Crippen LogP contribution in [0.5, 0.6) is 0 Å². The van der Waals surface area contributed by atoms with Crippen molar-refractivity contribution < 1.29 is 9.50 Å². The Hall–Kier alpha value is -0.930. The lowest BCUT2D eigenvalue weighted by Crippen LogP contribution is -2.30. The molecule has 2 nitrogen and oxygen atoms in total. The van der Waals surface area contributed by atoms with E-state index in [4.69, 9.17) is 5.11 Å². The van der Waals surface area contributed by atoms with Crippen LogP contribution in [0.2, 0.25) is 0 Å². The lowest BCUT2D eigenvalue weighted by Gasteiger charge is -2.24. The number of rotatable bonds is 1. The highest BCUT2D eigenvalue weighted by Crippen LogP contribution is 2.25. The first kappa shape index (κ1) is 8.66. The molecule has 3 heteroatoms. The molecule has 0 fully saturated rings. The number of aliphatic hydroxyl groups excluding tert-OH is 1. The maximum atomic E-state index is 13.3. The van der Waals surface area contributed by atoms with E-state index in [9.17, 15) is 4.39 Å². The van der Waals surface area contributed by atoms with E-state index in [0.717, 1.165) is 12.1 Å². The molecule has 1 aliphatic heterocycles. The van der Waals surface area contributed by atoms with E-state index >= 15 is 0 Å². The summed E-state index contributed by atoms with van der Waals surface area (Å²) in [6, 6.07) is 5.04. The minimum atomic E-state index is -0.178. The number of benzene rings is 1. The number of hydrogen-bond acceptors (Lipinski definition) is 2. The highest BCUT2D eigenvalue weighted by Gasteiger charge is 2.20. The topological polar surface area (TPSA) is 32.3 Å². The van der Waals surface area contributed by atoms with Crippen molar-refractivity contribution in [1.82, 2.24) is 5.32 Å². The lowest BCUT2D eigenvalue weighted by molar-refractivity contribution is 0.255. The lowest BCUT2D eigenvalue weighted by atomic mass is 9.91. The molecule has 1 aromatic carbocycles. The molecule has 0 aromatic heterocycles. The second-order valence-corrected chi connectivity index (χ2v) is 3.32. The van der Waals surface area contributed by atoms with Crippen LogP contribution in [0.3, 0.4) is 0 Å². The molecule has 2 N–H and O–H groups in total. The summed E-state index contributed by atoms with van der Waals surface area (Å²) in [5.74, 6) is -0.136. The summed E-state index contributed by atoms with van der Waals surface area (Å²) in [7, 11) is 0. The Bertz CT molecular complexity index is 314. The van der Waals surface area contributed by atoms with Gasteiger partial charge in [0.1, 0.15) is 5.82 Å². The second kappa shape index (κ2) is 3.44. The minimum Gasteiger partial charge on any atom is -0.396 e. The normalized spacial score (nSPS) is 21.2. The quantitative estimate of drug-likeness (QED) is 0.677. The van der Waals surface area contributed by atoms with Gasteiger partial charge in [0.15, 0.2) is 0 Å². The Labute approximate surface area is 76.4 Å². The van der Waals surface area contributed by atoms with Crippen LogP contribution in [0.4, 0.5) is 4.39 Å². The van der Waals surface area contributed by atoms with E-state index in [1.807, 2.05) is 6.07 Å². The van der Waals surface area contributed by atoms with Gasteiger partial charge in [-0.25, -0.2) is 4.39 Å². The van der Waals surface area contributed by atoms with Gasteiger partial charge >= 0.3 is 0 Å². The van der Waals surface area contributed by atoms with Gasteiger partial charge in [0.25, 0.3) is 0 Å². The Morgan fingerprint density at radius 1 is 1.54 bits per heavy atom. The highest BCUT2D eigenvalue weighted by molar-refractivity contribution is 5.33. The molecule has 70 valence electrons. The molecule has 0 saturated carbocycles. The molecule has 0 radical (unpaired) electrons. The van der Waals surface area contributed by atoms with Gasteiger partial charge in [0, 0.05) is 24.6 Å². The number of fused-ring (bicyclic) bond motifs is 1. The third-order valence-corrected chi connectivity index (χ3v) is 2.51. The summed E-state index contributed by atoms with van der Waals surface area (Å²) in [6.45, 7) is 1.37. The van der Waals surface area contributed by atoms with Gasteiger partial charge in [0.05, 0.1) is 6.61 Å². The standard InChI is InChI=1S/C10H12FNO/c11-10-3-1-2-8-7(6-13)4-12-5-9(8)10/h1-3,7,12-13H,4-6H2. The fourth-order valence-corrected chi connectivity index (χ4v) is 1.79. The zero-order valence-electron chi connectivity index (χ0n) is 7.26. The van der Waals surface area contributed by atoms with Crippen LogP contribution in [-0.4, -0.2) is 18.3 Å². The van der Waals surface area contributed by atoms with E-state index in [1.165, 1.54) is 6.07 Å². The van der Waals surface area contributed by atoms with Crippen molar-refractivity contribution in [2.75, 3.05) is 13.2 Å². The predicted octanol–water partition coefficient (Wildman–Crippen LogP) is 1.00. The third kappa shape index (κ3) is 1.45. The Morgan fingerprint density at radius 2 is 2.38 bits per heavy atom. The smallest absolute Gasteiger partial charge is 0.127 e. The molecule has 1 heterocycles. The molecule has 1 aliphatic rings. The van der Waals surface area contributed by atoms with Crippen LogP contribution in [0.1, 0.15) is 17.0 Å². The van der Waals surface area contributed by atoms with Crippen LogP contribution >= 0.6 is 0 Å². The van der Waals surface area contributed by atoms with Gasteiger partial charge in [-0.1, -0.05) is 12.1 Å². The molecule has 0 aliphatic carbocycles. The largest absolute Gasteiger partial charge is 0.396 e. The second-order valence-electron chi connectivity index (χ2n) is 3.32. The third-order valence-electron chi connectivity index (χ3n) is 2.51. The molecular formula is C10H12FNO. The summed E-state index contributed by atoms with van der Waals surface area (Å²) < 4.78 is 13.3. The van der Waals surface area contributed by atoms with Crippen LogP contribution in [-0.2, 0) is 6.54 Å². The first-order chi connectivity index (χ1) is 6.33. The van der Waals surface area contributed by atoms with Crippen molar-refractivity contribution >= 4 is 0 Å². The van der Waals surface area contributed by atoms with Gasteiger partial charge in [-0.15, -0.1) is 0 Å². The van der Waals surface area contributed by atoms with Crippen LogP contribution in [0, 0.1) is 5.82 Å². The number of halogens is 1. The molecule has 1 atom stereocenters. The average Bonchev–Trinajstić information content (AvgIpc) is 2.18. The van der Waals surface area contributed by atoms with Crippen LogP contribution in [0.15, 0.2) is 18.2 Å². The molecule has 1 unspecified atom stereocenters. The van der Waals surface area contributed by atoms with Crippen molar-refractivity contribution in [3.63, 3.8) is 0 Å². The van der Waals surface area contributed by atoms with Crippen molar-refractivity contribution in [1.29, 1.82) is 0 Å². The molecule has 2 rings (SSSR count). The van der Waals surface area contributed by atoms with Gasteiger partial charge in [0.2, 0.25) is 0 Å². The predicted molar refractivity (Wildman–Crippen MR) is 47.9 cm³/mol. The highest BCUT2D eigenvalue weighted by atomic mass is 19.1. The molecule has 0 amide bonds. The SMILES string of the molecule is OCC1CNCc2c(F)cccc21. The molecule has 0 bridgehead atoms. The molecular weight excluding hydrogens is 169 g/mol. The van der Waals surface area contributed by atoms with Gasteiger partial charge in [-0.2, -0.15) is 0 Å². The average molecular weight is 181 g/mol. The monoisotopic (exact) mass is 181 g/mol. The van der Waals surface area contributed by atoms with Crippen molar-refractivity contribution in [2.24, 2.45) is 0 Å². The minimum absolute atomic E-state index is 0.0412. The van der Waals surface area contributed by atoms with E-state index < -0.39 is 0 Å².